The van der Waals surface area contributed by atoms with Crippen molar-refractivity contribution in [3.05, 3.63) is 59.2 Å². The summed E-state index contributed by atoms with van der Waals surface area (Å²) in [6.07, 6.45) is 4.66. The highest BCUT2D eigenvalue weighted by molar-refractivity contribution is 6.04. The molecule has 0 bridgehead atoms. The quantitative estimate of drug-likeness (QED) is 0.795. The molecule has 3 nitrogen and oxygen atoms in total. The first kappa shape index (κ1) is 16.2. The Hall–Kier alpha value is -2.29. The summed E-state index contributed by atoms with van der Waals surface area (Å²) in [6.45, 7) is 0. The van der Waals surface area contributed by atoms with Crippen LogP contribution in [0.2, 0.25) is 0 Å². The molecule has 0 aliphatic heterocycles. The van der Waals surface area contributed by atoms with Crippen LogP contribution in [-0.4, -0.2) is 20.0 Å². The van der Waals surface area contributed by atoms with Gasteiger partial charge in [-0.2, -0.15) is 0 Å². The van der Waals surface area contributed by atoms with Gasteiger partial charge in [-0.05, 0) is 48.4 Å². The average molecular weight is 336 g/mol. The Kier molecular flexibility index (Phi) is 4.24. The van der Waals surface area contributed by atoms with Gasteiger partial charge in [0.1, 0.15) is 11.5 Å². The van der Waals surface area contributed by atoms with Crippen LogP contribution in [-0.2, 0) is 0 Å². The molecule has 0 radical (unpaired) electrons. The molecule has 2 aromatic rings. The van der Waals surface area contributed by atoms with Gasteiger partial charge in [0.2, 0.25) is 0 Å². The Morgan fingerprint density at radius 1 is 0.920 bits per heavy atom. The number of methoxy groups -OCH3 is 2. The molecule has 0 aromatic heterocycles. The fourth-order valence-electron chi connectivity index (χ4n) is 4.81. The maximum absolute atomic E-state index is 13.4. The minimum absolute atomic E-state index is 0.0594. The molecule has 0 saturated heterocycles. The number of benzene rings is 2. The summed E-state index contributed by atoms with van der Waals surface area (Å²) in [5, 5.41) is 0. The molecular formula is C22H24O3. The molecule has 1 fully saturated rings. The zero-order valence-corrected chi connectivity index (χ0v) is 14.8. The molecular weight excluding hydrogens is 312 g/mol. The van der Waals surface area contributed by atoms with Crippen LogP contribution in [0.25, 0.3) is 0 Å². The summed E-state index contributed by atoms with van der Waals surface area (Å²) in [5.41, 5.74) is 3.10. The highest BCUT2D eigenvalue weighted by Gasteiger charge is 2.44. The number of Topliss-reactive ketones (excluding diaryl/α,β-unsaturated/α-hetero) is 1. The first-order valence-electron chi connectivity index (χ1n) is 9.09. The van der Waals surface area contributed by atoms with Crippen LogP contribution in [0.15, 0.2) is 42.5 Å². The first-order chi connectivity index (χ1) is 12.2. The van der Waals surface area contributed by atoms with Crippen molar-refractivity contribution < 1.29 is 14.3 Å². The van der Waals surface area contributed by atoms with E-state index in [0.717, 1.165) is 41.0 Å². The van der Waals surface area contributed by atoms with E-state index in [0.29, 0.717) is 11.8 Å². The number of carbonyl (C=O) groups excluding carboxylic acids is 1. The van der Waals surface area contributed by atoms with Crippen LogP contribution in [0.5, 0.6) is 11.5 Å². The van der Waals surface area contributed by atoms with Crippen molar-refractivity contribution in [1.29, 1.82) is 0 Å². The standard InChI is InChI=1S/C22H24O3/c1-24-15-12-10-14(11-13-15)20-16-6-3-4-7-17(16)21-18(22(20)23)8-5-9-19(21)25-2/h5,8-13,16-17,20H,3-4,6-7H2,1-2H3. The largest absolute Gasteiger partial charge is 0.497 e. The van der Waals surface area contributed by atoms with Gasteiger partial charge in [-0.3, -0.25) is 4.79 Å². The molecule has 2 aliphatic rings. The van der Waals surface area contributed by atoms with Crippen molar-refractivity contribution >= 4 is 5.78 Å². The van der Waals surface area contributed by atoms with Crippen LogP contribution in [0.1, 0.15) is 59.0 Å². The van der Waals surface area contributed by atoms with Gasteiger partial charge < -0.3 is 9.47 Å². The van der Waals surface area contributed by atoms with Crippen molar-refractivity contribution in [1.82, 2.24) is 0 Å². The second-order valence-electron chi connectivity index (χ2n) is 7.09. The van der Waals surface area contributed by atoms with E-state index in [1.165, 1.54) is 12.8 Å². The smallest absolute Gasteiger partial charge is 0.171 e. The lowest BCUT2D eigenvalue weighted by atomic mass is 9.61. The van der Waals surface area contributed by atoms with E-state index in [1.54, 1.807) is 14.2 Å². The summed E-state index contributed by atoms with van der Waals surface area (Å²) in [7, 11) is 3.37. The topological polar surface area (TPSA) is 35.5 Å². The maximum atomic E-state index is 13.4. The molecule has 0 spiro atoms. The SMILES string of the molecule is COc1ccc(C2C(=O)c3cccc(OC)c3C3CCCCC32)cc1. The number of hydrogen-bond acceptors (Lipinski definition) is 3. The van der Waals surface area contributed by atoms with Gasteiger partial charge in [-0.25, -0.2) is 0 Å². The number of fused-ring (bicyclic) bond motifs is 3. The molecule has 3 heteroatoms. The van der Waals surface area contributed by atoms with Crippen molar-refractivity contribution in [2.24, 2.45) is 5.92 Å². The third-order valence-corrected chi connectivity index (χ3v) is 5.93. The molecule has 2 aliphatic carbocycles. The van der Waals surface area contributed by atoms with Crippen molar-refractivity contribution in [3.8, 4) is 11.5 Å². The van der Waals surface area contributed by atoms with E-state index in [9.17, 15) is 4.79 Å². The average Bonchev–Trinajstić information content (AvgIpc) is 2.68. The Morgan fingerprint density at radius 3 is 2.40 bits per heavy atom. The summed E-state index contributed by atoms with van der Waals surface area (Å²) < 4.78 is 10.9. The lowest BCUT2D eigenvalue weighted by Crippen LogP contribution is -2.35. The minimum atomic E-state index is -0.0594. The first-order valence-corrected chi connectivity index (χ1v) is 9.09. The van der Waals surface area contributed by atoms with Crippen LogP contribution in [0.3, 0.4) is 0 Å². The van der Waals surface area contributed by atoms with Gasteiger partial charge >= 0.3 is 0 Å². The zero-order valence-electron chi connectivity index (χ0n) is 14.8. The number of ketones is 1. The Bertz CT molecular complexity index is 778. The molecule has 4 rings (SSSR count). The minimum Gasteiger partial charge on any atom is -0.497 e. The summed E-state index contributed by atoms with van der Waals surface area (Å²) in [4.78, 5) is 13.4. The number of hydrogen-bond donors (Lipinski definition) is 0. The van der Waals surface area contributed by atoms with E-state index in [4.69, 9.17) is 9.47 Å². The van der Waals surface area contributed by atoms with Gasteiger partial charge in [0.25, 0.3) is 0 Å². The molecule has 0 heterocycles. The van der Waals surface area contributed by atoms with Crippen molar-refractivity contribution in [3.63, 3.8) is 0 Å². The van der Waals surface area contributed by atoms with Crippen LogP contribution in [0, 0.1) is 5.92 Å². The monoisotopic (exact) mass is 336 g/mol. The second-order valence-corrected chi connectivity index (χ2v) is 7.09. The molecule has 3 atom stereocenters. The normalized spacial score (nSPS) is 25.0. The fraction of sp³-hybridized carbons (Fsp3) is 0.409. The molecule has 25 heavy (non-hydrogen) atoms. The van der Waals surface area contributed by atoms with Crippen molar-refractivity contribution in [2.75, 3.05) is 14.2 Å². The van der Waals surface area contributed by atoms with E-state index < -0.39 is 0 Å². The third-order valence-electron chi connectivity index (χ3n) is 5.93. The lowest BCUT2D eigenvalue weighted by Gasteiger charge is -2.42. The molecule has 1 saturated carbocycles. The summed E-state index contributed by atoms with van der Waals surface area (Å²) >= 11 is 0. The Labute approximate surface area is 149 Å². The van der Waals surface area contributed by atoms with Gasteiger partial charge in [-0.15, -0.1) is 0 Å². The van der Waals surface area contributed by atoms with E-state index in [2.05, 4.69) is 12.1 Å². The molecule has 0 N–H and O–H groups in total. The van der Waals surface area contributed by atoms with Gasteiger partial charge in [0.05, 0.1) is 20.1 Å². The summed E-state index contributed by atoms with van der Waals surface area (Å²) in [6, 6.07) is 13.9. The number of ether oxygens (including phenoxy) is 2. The van der Waals surface area contributed by atoms with E-state index in [1.807, 2.05) is 30.3 Å². The second kappa shape index (κ2) is 6.55. The van der Waals surface area contributed by atoms with Gasteiger partial charge in [0, 0.05) is 11.1 Å². The van der Waals surface area contributed by atoms with Crippen LogP contribution in [0.4, 0.5) is 0 Å². The van der Waals surface area contributed by atoms with Gasteiger partial charge in [-0.1, -0.05) is 37.1 Å². The number of carbonyl (C=O) groups is 1. The predicted molar refractivity (Wildman–Crippen MR) is 97.8 cm³/mol. The Balaban J connectivity index is 1.83. The highest BCUT2D eigenvalue weighted by Crippen LogP contribution is 2.53. The van der Waals surface area contributed by atoms with E-state index in [-0.39, 0.29) is 11.7 Å². The van der Waals surface area contributed by atoms with Crippen LogP contribution < -0.4 is 9.47 Å². The Morgan fingerprint density at radius 2 is 1.68 bits per heavy atom. The molecule has 3 unspecified atom stereocenters. The molecule has 130 valence electrons. The lowest BCUT2D eigenvalue weighted by molar-refractivity contribution is 0.0871. The number of rotatable bonds is 3. The van der Waals surface area contributed by atoms with Crippen molar-refractivity contribution in [2.45, 2.75) is 37.5 Å². The molecule has 0 amide bonds. The fourth-order valence-corrected chi connectivity index (χ4v) is 4.81. The zero-order chi connectivity index (χ0) is 17.4. The highest BCUT2D eigenvalue weighted by atomic mass is 16.5. The van der Waals surface area contributed by atoms with E-state index >= 15 is 0 Å². The maximum Gasteiger partial charge on any atom is 0.171 e. The van der Waals surface area contributed by atoms with Crippen LogP contribution >= 0.6 is 0 Å². The third kappa shape index (κ3) is 2.62. The summed E-state index contributed by atoms with van der Waals surface area (Å²) in [5.74, 6) is 2.64. The van der Waals surface area contributed by atoms with Gasteiger partial charge in [0.15, 0.2) is 5.78 Å². The molecule has 2 aromatic carbocycles. The predicted octanol–water partition coefficient (Wildman–Crippen LogP) is 4.96.